The maximum atomic E-state index is 12.3. The van der Waals surface area contributed by atoms with Gasteiger partial charge in [0, 0.05) is 12.1 Å². The van der Waals surface area contributed by atoms with Gasteiger partial charge in [0.15, 0.2) is 12.4 Å². The molecule has 1 aromatic rings. The summed E-state index contributed by atoms with van der Waals surface area (Å²) in [7, 11) is 1.43. The molecule has 0 aliphatic heterocycles. The molecular formula is C20H26NO6+. The average molecular weight is 376 g/mol. The Morgan fingerprint density at radius 3 is 2.19 bits per heavy atom. The summed E-state index contributed by atoms with van der Waals surface area (Å²) in [6, 6.07) is 3.16. The van der Waals surface area contributed by atoms with Crippen LogP contribution >= 0.6 is 0 Å². The van der Waals surface area contributed by atoms with Gasteiger partial charge in [0.1, 0.15) is 6.42 Å². The first-order valence-electron chi connectivity index (χ1n) is 9.31. The molecule has 0 amide bonds. The third-order valence-corrected chi connectivity index (χ3v) is 5.70. The van der Waals surface area contributed by atoms with Crippen LogP contribution in [-0.4, -0.2) is 38.2 Å². The zero-order valence-corrected chi connectivity index (χ0v) is 16.0. The fourth-order valence-corrected chi connectivity index (χ4v) is 4.45. The van der Waals surface area contributed by atoms with Crippen molar-refractivity contribution in [3.05, 3.63) is 30.1 Å². The lowest BCUT2D eigenvalue weighted by Gasteiger charge is -2.68. The minimum Gasteiger partial charge on any atom is -0.469 e. The number of carbonyl (C=O) groups excluding carboxylic acids is 3. The lowest BCUT2D eigenvalue weighted by molar-refractivity contribution is -0.710. The van der Waals surface area contributed by atoms with E-state index in [1.54, 1.807) is 30.8 Å². The zero-order valence-electron chi connectivity index (χ0n) is 16.0. The lowest BCUT2D eigenvalue weighted by Crippen LogP contribution is -2.68. The van der Waals surface area contributed by atoms with Crippen molar-refractivity contribution in [1.29, 1.82) is 0 Å². The first kappa shape index (κ1) is 19.3. The SMILES string of the molecule is CCOC(=O)CC(C(=O)OCC)[n+]1ccc(C23CC(C(=O)OC)(C2)C3)cc1. The summed E-state index contributed by atoms with van der Waals surface area (Å²) >= 11 is 0. The summed E-state index contributed by atoms with van der Waals surface area (Å²) < 4.78 is 16.7. The minimum atomic E-state index is -0.757. The van der Waals surface area contributed by atoms with Gasteiger partial charge in [-0.05, 0) is 44.1 Å². The number of nitrogens with zero attached hydrogens (tertiary/aromatic N) is 1. The van der Waals surface area contributed by atoms with Crippen LogP contribution in [-0.2, 0) is 34.0 Å². The molecule has 1 heterocycles. The number of ether oxygens (including phenoxy) is 3. The van der Waals surface area contributed by atoms with E-state index in [-0.39, 0.29) is 36.4 Å². The smallest absolute Gasteiger partial charge is 0.376 e. The number of pyridine rings is 1. The van der Waals surface area contributed by atoms with Crippen LogP contribution in [0.15, 0.2) is 24.5 Å². The van der Waals surface area contributed by atoms with Crippen LogP contribution in [0, 0.1) is 5.41 Å². The quantitative estimate of drug-likeness (QED) is 0.390. The Bertz CT molecular complexity index is 722. The van der Waals surface area contributed by atoms with E-state index in [1.165, 1.54) is 7.11 Å². The Labute approximate surface area is 158 Å². The molecule has 4 rings (SSSR count). The third kappa shape index (κ3) is 3.31. The third-order valence-electron chi connectivity index (χ3n) is 5.70. The fourth-order valence-electron chi connectivity index (χ4n) is 4.45. The van der Waals surface area contributed by atoms with Gasteiger partial charge in [-0.15, -0.1) is 0 Å². The van der Waals surface area contributed by atoms with E-state index in [4.69, 9.17) is 14.2 Å². The number of aromatic nitrogens is 1. The van der Waals surface area contributed by atoms with Gasteiger partial charge in [-0.2, -0.15) is 4.57 Å². The monoisotopic (exact) mass is 376 g/mol. The molecule has 3 aliphatic rings. The van der Waals surface area contributed by atoms with E-state index in [9.17, 15) is 14.4 Å². The summed E-state index contributed by atoms with van der Waals surface area (Å²) in [6.45, 7) is 3.97. The van der Waals surface area contributed by atoms with Crippen LogP contribution in [0.1, 0.15) is 51.1 Å². The summed E-state index contributed by atoms with van der Waals surface area (Å²) in [6.07, 6.45) is 5.93. The molecule has 0 spiro atoms. The number of hydrogen-bond donors (Lipinski definition) is 0. The molecule has 0 aromatic carbocycles. The van der Waals surface area contributed by atoms with Gasteiger partial charge >= 0.3 is 17.9 Å². The minimum absolute atomic E-state index is 0.0356. The highest BCUT2D eigenvalue weighted by Crippen LogP contribution is 2.73. The van der Waals surface area contributed by atoms with Crippen LogP contribution in [0.2, 0.25) is 0 Å². The van der Waals surface area contributed by atoms with Crippen molar-refractivity contribution in [2.45, 2.75) is 51.0 Å². The second-order valence-corrected chi connectivity index (χ2v) is 7.39. The summed E-state index contributed by atoms with van der Waals surface area (Å²) in [5, 5.41) is 0. The van der Waals surface area contributed by atoms with Crippen molar-refractivity contribution in [2.75, 3.05) is 20.3 Å². The lowest BCUT2D eigenvalue weighted by atomic mass is 9.33. The van der Waals surface area contributed by atoms with Crippen molar-refractivity contribution < 1.29 is 33.2 Å². The summed E-state index contributed by atoms with van der Waals surface area (Å²) in [5.74, 6) is -1.02. The van der Waals surface area contributed by atoms with Gasteiger partial charge in [0.05, 0.1) is 25.7 Å². The highest BCUT2D eigenvalue weighted by Gasteiger charge is 2.72. The molecule has 2 bridgehead atoms. The van der Waals surface area contributed by atoms with Crippen molar-refractivity contribution in [2.24, 2.45) is 5.41 Å². The second kappa shape index (κ2) is 7.29. The van der Waals surface area contributed by atoms with Gasteiger partial charge in [-0.25, -0.2) is 4.79 Å². The zero-order chi connectivity index (χ0) is 19.7. The van der Waals surface area contributed by atoms with E-state index in [0.29, 0.717) is 0 Å². The highest BCUT2D eigenvalue weighted by molar-refractivity contribution is 5.82. The van der Waals surface area contributed by atoms with Crippen molar-refractivity contribution in [1.82, 2.24) is 0 Å². The molecule has 1 aromatic heterocycles. The van der Waals surface area contributed by atoms with E-state index in [2.05, 4.69) is 0 Å². The van der Waals surface area contributed by atoms with Gasteiger partial charge < -0.3 is 14.2 Å². The number of esters is 3. The van der Waals surface area contributed by atoms with E-state index < -0.39 is 18.0 Å². The van der Waals surface area contributed by atoms with Gasteiger partial charge in [-0.1, -0.05) is 0 Å². The standard InChI is InChI=1S/C20H26NO6/c1-4-26-16(22)10-15(17(23)27-5-2)21-8-6-14(7-9-21)19-11-20(12-19,13-19)18(24)25-3/h6-9,15H,4-5,10-13H2,1-3H3/q+1. The van der Waals surface area contributed by atoms with Gasteiger partial charge in [0.25, 0.3) is 6.04 Å². The van der Waals surface area contributed by atoms with Crippen LogP contribution < -0.4 is 4.57 Å². The molecule has 0 saturated heterocycles. The molecular weight excluding hydrogens is 350 g/mol. The Balaban J connectivity index is 1.72. The first-order chi connectivity index (χ1) is 12.9. The first-order valence-corrected chi connectivity index (χ1v) is 9.31. The predicted molar refractivity (Wildman–Crippen MR) is 93.5 cm³/mol. The Kier molecular flexibility index (Phi) is 5.22. The molecule has 0 radical (unpaired) electrons. The highest BCUT2D eigenvalue weighted by atomic mass is 16.5. The predicted octanol–water partition coefficient (Wildman–Crippen LogP) is 1.63. The van der Waals surface area contributed by atoms with Crippen LogP contribution in [0.5, 0.6) is 0 Å². The number of carbonyl (C=O) groups is 3. The topological polar surface area (TPSA) is 82.8 Å². The van der Waals surface area contributed by atoms with Crippen LogP contribution in [0.25, 0.3) is 0 Å². The Hall–Kier alpha value is -2.44. The van der Waals surface area contributed by atoms with Crippen molar-refractivity contribution in [3.8, 4) is 0 Å². The largest absolute Gasteiger partial charge is 0.469 e. The van der Waals surface area contributed by atoms with Gasteiger partial charge in [0.2, 0.25) is 0 Å². The maximum Gasteiger partial charge on any atom is 0.376 e. The number of rotatable bonds is 8. The molecule has 27 heavy (non-hydrogen) atoms. The Morgan fingerprint density at radius 1 is 1.07 bits per heavy atom. The molecule has 3 aliphatic carbocycles. The molecule has 3 fully saturated rings. The molecule has 3 saturated carbocycles. The summed E-state index contributed by atoms with van der Waals surface area (Å²) in [4.78, 5) is 36.0. The van der Waals surface area contributed by atoms with E-state index in [0.717, 1.165) is 24.8 Å². The summed E-state index contributed by atoms with van der Waals surface area (Å²) in [5.41, 5.74) is 0.884. The molecule has 1 unspecified atom stereocenters. The molecule has 7 heteroatoms. The van der Waals surface area contributed by atoms with Crippen molar-refractivity contribution in [3.63, 3.8) is 0 Å². The average Bonchev–Trinajstić information content (AvgIpc) is 2.58. The second-order valence-electron chi connectivity index (χ2n) is 7.39. The van der Waals surface area contributed by atoms with Crippen LogP contribution in [0.4, 0.5) is 0 Å². The van der Waals surface area contributed by atoms with Gasteiger partial charge in [-0.3, -0.25) is 9.59 Å². The normalized spacial score (nSPS) is 26.2. The molecule has 0 N–H and O–H groups in total. The maximum absolute atomic E-state index is 12.3. The number of hydrogen-bond acceptors (Lipinski definition) is 6. The van der Waals surface area contributed by atoms with Crippen LogP contribution in [0.3, 0.4) is 0 Å². The Morgan fingerprint density at radius 2 is 1.67 bits per heavy atom. The van der Waals surface area contributed by atoms with E-state index >= 15 is 0 Å². The van der Waals surface area contributed by atoms with E-state index in [1.807, 2.05) is 12.1 Å². The number of methoxy groups -OCH3 is 1. The fraction of sp³-hybridized carbons (Fsp3) is 0.600. The molecule has 7 nitrogen and oxygen atoms in total. The van der Waals surface area contributed by atoms with Crippen molar-refractivity contribution >= 4 is 17.9 Å². The molecule has 146 valence electrons. The molecule has 1 atom stereocenters.